The van der Waals surface area contributed by atoms with Crippen molar-refractivity contribution in [2.75, 3.05) is 32.1 Å². The quantitative estimate of drug-likeness (QED) is 0.842. The van der Waals surface area contributed by atoms with Crippen LogP contribution in [0.4, 0.5) is 5.82 Å². The van der Waals surface area contributed by atoms with E-state index in [1.54, 1.807) is 18.2 Å². The fourth-order valence-corrected chi connectivity index (χ4v) is 3.09. The van der Waals surface area contributed by atoms with Gasteiger partial charge in [-0.3, -0.25) is 9.69 Å². The van der Waals surface area contributed by atoms with Crippen LogP contribution in [0.2, 0.25) is 0 Å². The van der Waals surface area contributed by atoms with Gasteiger partial charge in [-0.2, -0.15) is 0 Å². The average molecular weight is 289 g/mol. The zero-order valence-electron chi connectivity index (χ0n) is 12.0. The normalized spacial score (nSPS) is 24.0. The molecule has 0 bridgehead atoms. The number of carbonyl (C=O) groups is 2. The van der Waals surface area contributed by atoms with Crippen molar-refractivity contribution in [2.24, 2.45) is 11.8 Å². The van der Waals surface area contributed by atoms with Crippen molar-refractivity contribution < 1.29 is 14.3 Å². The van der Waals surface area contributed by atoms with Gasteiger partial charge in [-0.1, -0.05) is 6.07 Å². The van der Waals surface area contributed by atoms with E-state index in [1.165, 1.54) is 20.0 Å². The molecule has 0 spiro atoms. The van der Waals surface area contributed by atoms with E-state index < -0.39 is 5.97 Å². The predicted octanol–water partition coefficient (Wildman–Crippen LogP) is 1.15. The lowest BCUT2D eigenvalue weighted by Crippen LogP contribution is -2.31. The average Bonchev–Trinajstić information content (AvgIpc) is 2.73. The molecule has 1 N–H and O–H groups in total. The number of amides is 1. The molecule has 2 atom stereocenters. The van der Waals surface area contributed by atoms with E-state index in [1.807, 2.05) is 0 Å². The van der Waals surface area contributed by atoms with Gasteiger partial charge in [0.1, 0.15) is 5.82 Å². The Bertz CT molecular complexity index is 549. The Morgan fingerprint density at radius 2 is 2.05 bits per heavy atom. The summed E-state index contributed by atoms with van der Waals surface area (Å²) in [6, 6.07) is 4.89. The zero-order chi connectivity index (χ0) is 14.8. The topological polar surface area (TPSA) is 71.5 Å². The Balaban J connectivity index is 1.56. The third-order valence-electron chi connectivity index (χ3n) is 4.34. The van der Waals surface area contributed by atoms with E-state index in [2.05, 4.69) is 19.9 Å². The van der Waals surface area contributed by atoms with Crippen molar-refractivity contribution in [2.45, 2.75) is 12.8 Å². The summed E-state index contributed by atoms with van der Waals surface area (Å²) in [5.74, 6) is 1.36. The van der Waals surface area contributed by atoms with E-state index in [0.717, 1.165) is 24.9 Å². The highest BCUT2D eigenvalue weighted by Crippen LogP contribution is 2.40. The van der Waals surface area contributed by atoms with Crippen molar-refractivity contribution in [3.05, 3.63) is 23.9 Å². The SMILES string of the molecule is COC(=O)c1cccc(NC(=O)CN2C[C@H]3CC[C@H]3C2)n1. The summed E-state index contributed by atoms with van der Waals surface area (Å²) in [7, 11) is 1.30. The van der Waals surface area contributed by atoms with Gasteiger partial charge in [-0.05, 0) is 36.8 Å². The van der Waals surface area contributed by atoms with Gasteiger partial charge in [-0.15, -0.1) is 0 Å². The Morgan fingerprint density at radius 3 is 2.67 bits per heavy atom. The summed E-state index contributed by atoms with van der Waals surface area (Å²) in [5.41, 5.74) is 0.189. The second-order valence-electron chi connectivity index (χ2n) is 5.74. The maximum atomic E-state index is 12.0. The molecule has 1 aromatic heterocycles. The van der Waals surface area contributed by atoms with Gasteiger partial charge in [0.05, 0.1) is 13.7 Å². The van der Waals surface area contributed by atoms with Gasteiger partial charge in [-0.25, -0.2) is 9.78 Å². The van der Waals surface area contributed by atoms with E-state index in [9.17, 15) is 9.59 Å². The van der Waals surface area contributed by atoms with Gasteiger partial charge in [0.25, 0.3) is 0 Å². The molecule has 1 aromatic rings. The van der Waals surface area contributed by atoms with Crippen LogP contribution in [0.1, 0.15) is 23.3 Å². The molecular formula is C15H19N3O3. The molecule has 1 aliphatic carbocycles. The van der Waals surface area contributed by atoms with Gasteiger partial charge in [0.2, 0.25) is 5.91 Å². The predicted molar refractivity (Wildman–Crippen MR) is 76.9 cm³/mol. The zero-order valence-corrected chi connectivity index (χ0v) is 12.0. The number of nitrogens with zero attached hydrogens (tertiary/aromatic N) is 2. The molecule has 1 amide bonds. The maximum Gasteiger partial charge on any atom is 0.356 e. The summed E-state index contributed by atoms with van der Waals surface area (Å²) in [4.78, 5) is 29.7. The highest BCUT2D eigenvalue weighted by Gasteiger charge is 2.39. The number of likely N-dealkylation sites (tertiary alicyclic amines) is 1. The van der Waals surface area contributed by atoms with E-state index in [4.69, 9.17) is 0 Å². The van der Waals surface area contributed by atoms with Crippen molar-refractivity contribution in [3.8, 4) is 0 Å². The largest absolute Gasteiger partial charge is 0.464 e. The molecule has 6 nitrogen and oxygen atoms in total. The van der Waals surface area contributed by atoms with Gasteiger partial charge in [0, 0.05) is 13.1 Å². The highest BCUT2D eigenvalue weighted by molar-refractivity contribution is 5.92. The van der Waals surface area contributed by atoms with Gasteiger partial charge < -0.3 is 10.1 Å². The lowest BCUT2D eigenvalue weighted by atomic mass is 9.77. The number of rotatable bonds is 4. The van der Waals surface area contributed by atoms with E-state index >= 15 is 0 Å². The van der Waals surface area contributed by atoms with Crippen LogP contribution in [-0.2, 0) is 9.53 Å². The molecule has 112 valence electrons. The number of hydrogen-bond acceptors (Lipinski definition) is 5. The standard InChI is InChI=1S/C15H19N3O3/c1-21-15(20)12-3-2-4-13(16-12)17-14(19)9-18-7-10-5-6-11(10)8-18/h2-4,10-11H,5-9H2,1H3,(H,16,17,19)/t10-,11+. The molecule has 2 aliphatic rings. The fourth-order valence-electron chi connectivity index (χ4n) is 3.09. The lowest BCUT2D eigenvalue weighted by Gasteiger charge is -2.28. The molecule has 0 radical (unpaired) electrons. The first kappa shape index (κ1) is 14.0. The summed E-state index contributed by atoms with van der Waals surface area (Å²) >= 11 is 0. The molecule has 2 heterocycles. The van der Waals surface area contributed by atoms with Gasteiger partial charge in [0.15, 0.2) is 5.69 Å². The minimum Gasteiger partial charge on any atom is -0.464 e. The van der Waals surface area contributed by atoms with Crippen molar-refractivity contribution in [1.29, 1.82) is 0 Å². The fraction of sp³-hybridized carbons (Fsp3) is 0.533. The van der Waals surface area contributed by atoms with E-state index in [-0.39, 0.29) is 11.6 Å². The number of nitrogens with one attached hydrogen (secondary N) is 1. The van der Waals surface area contributed by atoms with Crippen molar-refractivity contribution in [3.63, 3.8) is 0 Å². The van der Waals surface area contributed by atoms with Crippen LogP contribution in [-0.4, -0.2) is 48.5 Å². The monoisotopic (exact) mass is 289 g/mol. The number of ether oxygens (including phenoxy) is 1. The first-order valence-corrected chi connectivity index (χ1v) is 7.23. The molecule has 2 fully saturated rings. The number of carbonyl (C=O) groups excluding carboxylic acids is 2. The van der Waals surface area contributed by atoms with Crippen molar-refractivity contribution in [1.82, 2.24) is 9.88 Å². The van der Waals surface area contributed by atoms with Crippen LogP contribution in [0, 0.1) is 11.8 Å². The summed E-state index contributed by atoms with van der Waals surface area (Å²) in [5, 5.41) is 2.74. The first-order chi connectivity index (χ1) is 10.2. The number of anilines is 1. The number of methoxy groups -OCH3 is 1. The Morgan fingerprint density at radius 1 is 1.33 bits per heavy atom. The van der Waals surface area contributed by atoms with Crippen LogP contribution < -0.4 is 5.32 Å². The van der Waals surface area contributed by atoms with Crippen LogP contribution in [0.3, 0.4) is 0 Å². The molecule has 0 unspecified atom stereocenters. The first-order valence-electron chi connectivity index (χ1n) is 7.23. The summed E-state index contributed by atoms with van der Waals surface area (Å²) < 4.78 is 4.61. The second kappa shape index (κ2) is 5.81. The Hall–Kier alpha value is -1.95. The molecule has 1 saturated heterocycles. The number of fused-ring (bicyclic) bond motifs is 1. The Labute approximate surface area is 123 Å². The number of hydrogen-bond donors (Lipinski definition) is 1. The molecule has 0 aromatic carbocycles. The van der Waals surface area contributed by atoms with Crippen LogP contribution >= 0.6 is 0 Å². The maximum absolute atomic E-state index is 12.0. The van der Waals surface area contributed by atoms with Crippen LogP contribution in [0.25, 0.3) is 0 Å². The number of pyridine rings is 1. The van der Waals surface area contributed by atoms with Crippen molar-refractivity contribution >= 4 is 17.7 Å². The minimum atomic E-state index is -0.512. The van der Waals surface area contributed by atoms with Gasteiger partial charge >= 0.3 is 5.97 Å². The Kier molecular flexibility index (Phi) is 3.88. The third-order valence-corrected chi connectivity index (χ3v) is 4.34. The molecular weight excluding hydrogens is 270 g/mol. The lowest BCUT2D eigenvalue weighted by molar-refractivity contribution is -0.117. The minimum absolute atomic E-state index is 0.0918. The smallest absolute Gasteiger partial charge is 0.356 e. The summed E-state index contributed by atoms with van der Waals surface area (Å²) in [6.45, 7) is 2.43. The van der Waals surface area contributed by atoms with Crippen LogP contribution in [0.5, 0.6) is 0 Å². The number of aromatic nitrogens is 1. The molecule has 6 heteroatoms. The van der Waals surface area contributed by atoms with Crippen LogP contribution in [0.15, 0.2) is 18.2 Å². The molecule has 1 saturated carbocycles. The van der Waals surface area contributed by atoms with E-state index in [0.29, 0.717) is 12.4 Å². The number of esters is 1. The molecule has 1 aliphatic heterocycles. The molecule has 21 heavy (non-hydrogen) atoms. The second-order valence-corrected chi connectivity index (χ2v) is 5.74. The summed E-state index contributed by atoms with van der Waals surface area (Å²) in [6.07, 6.45) is 2.59. The third kappa shape index (κ3) is 3.05. The molecule has 3 rings (SSSR count). The highest BCUT2D eigenvalue weighted by atomic mass is 16.5.